The fourth-order valence-electron chi connectivity index (χ4n) is 5.21. The highest BCUT2D eigenvalue weighted by atomic mass is 19.1. The first kappa shape index (κ1) is 25.0. The topological polar surface area (TPSA) is 68.8 Å². The summed E-state index contributed by atoms with van der Waals surface area (Å²) in [6, 6.07) is 14.3. The molecule has 2 aliphatic rings. The molecule has 0 unspecified atom stereocenters. The van der Waals surface area contributed by atoms with Gasteiger partial charge in [-0.2, -0.15) is 0 Å². The minimum Gasteiger partial charge on any atom is -0.368 e. The lowest BCUT2D eigenvalue weighted by Crippen LogP contribution is -2.48. The quantitative estimate of drug-likeness (QED) is 0.526. The van der Waals surface area contributed by atoms with Crippen LogP contribution >= 0.6 is 0 Å². The van der Waals surface area contributed by atoms with Gasteiger partial charge in [-0.25, -0.2) is 9.37 Å². The van der Waals surface area contributed by atoms with Crippen LogP contribution in [0.4, 0.5) is 21.6 Å². The number of amides is 2. The summed E-state index contributed by atoms with van der Waals surface area (Å²) in [5, 5.41) is 3.97. The summed E-state index contributed by atoms with van der Waals surface area (Å²) in [6.45, 7) is 6.74. The van der Waals surface area contributed by atoms with E-state index in [0.717, 1.165) is 41.1 Å². The molecule has 2 amide bonds. The number of hydrogen-bond acceptors (Lipinski definition) is 5. The summed E-state index contributed by atoms with van der Waals surface area (Å²) in [5.74, 6) is 0.581. The molecule has 2 saturated heterocycles. The van der Waals surface area contributed by atoms with Crippen molar-refractivity contribution in [2.75, 3.05) is 54.4 Å². The number of carbonyl (C=O) groups excluding carboxylic acids is 2. The van der Waals surface area contributed by atoms with E-state index in [9.17, 15) is 14.0 Å². The Kier molecular flexibility index (Phi) is 7.53. The molecule has 3 aromatic rings. The van der Waals surface area contributed by atoms with Gasteiger partial charge in [0.1, 0.15) is 11.6 Å². The molecule has 1 N–H and O–H groups in total. The van der Waals surface area contributed by atoms with Crippen LogP contribution in [0.1, 0.15) is 37.7 Å². The van der Waals surface area contributed by atoms with Gasteiger partial charge in [-0.05, 0) is 80.3 Å². The second-order valence-corrected chi connectivity index (χ2v) is 9.97. The van der Waals surface area contributed by atoms with E-state index in [2.05, 4.69) is 28.1 Å². The maximum Gasteiger partial charge on any atom is 0.224 e. The van der Waals surface area contributed by atoms with Crippen LogP contribution in [0.2, 0.25) is 0 Å². The highest BCUT2D eigenvalue weighted by molar-refractivity contribution is 5.96. The van der Waals surface area contributed by atoms with E-state index in [4.69, 9.17) is 4.98 Å². The van der Waals surface area contributed by atoms with E-state index < -0.39 is 0 Å². The van der Waals surface area contributed by atoms with Crippen LogP contribution in [0.25, 0.3) is 10.9 Å². The fourth-order valence-corrected chi connectivity index (χ4v) is 5.21. The zero-order chi connectivity index (χ0) is 25.8. The molecule has 2 aliphatic heterocycles. The lowest BCUT2D eigenvalue weighted by Gasteiger charge is -2.36. The minimum atomic E-state index is -0.256. The monoisotopic (exact) mass is 503 g/mol. The van der Waals surface area contributed by atoms with E-state index in [-0.39, 0.29) is 30.5 Å². The molecular formula is C29H34FN5O2. The number of aryl methyl sites for hydroxylation is 1. The lowest BCUT2D eigenvalue weighted by molar-refractivity contribution is -0.133. The minimum absolute atomic E-state index is 0.0160. The fraction of sp³-hybridized carbons (Fsp3) is 0.414. The molecule has 1 aromatic heterocycles. The van der Waals surface area contributed by atoms with Crippen LogP contribution in [0, 0.1) is 12.7 Å². The summed E-state index contributed by atoms with van der Waals surface area (Å²) in [4.78, 5) is 36.5. The number of nitrogens with one attached hydrogen (secondary N) is 1. The number of halogens is 1. The molecule has 2 fully saturated rings. The van der Waals surface area contributed by atoms with E-state index in [0.29, 0.717) is 31.9 Å². The van der Waals surface area contributed by atoms with Crippen molar-refractivity contribution in [1.29, 1.82) is 0 Å². The van der Waals surface area contributed by atoms with Crippen molar-refractivity contribution >= 4 is 39.9 Å². The van der Waals surface area contributed by atoms with Crippen LogP contribution in [0.5, 0.6) is 0 Å². The van der Waals surface area contributed by atoms with E-state index in [1.165, 1.54) is 31.4 Å². The third-order valence-corrected chi connectivity index (χ3v) is 7.36. The maximum atomic E-state index is 13.2. The zero-order valence-electron chi connectivity index (χ0n) is 21.4. The van der Waals surface area contributed by atoms with Gasteiger partial charge in [0, 0.05) is 68.9 Å². The molecule has 0 radical (unpaired) electrons. The Bertz CT molecular complexity index is 1270. The maximum absolute atomic E-state index is 13.2. The number of fused-ring (bicyclic) bond motifs is 1. The molecule has 3 heterocycles. The molecule has 0 spiro atoms. The van der Waals surface area contributed by atoms with E-state index in [1.807, 2.05) is 18.2 Å². The third kappa shape index (κ3) is 6.01. The summed E-state index contributed by atoms with van der Waals surface area (Å²) >= 11 is 0. The van der Waals surface area contributed by atoms with Gasteiger partial charge in [0.05, 0.1) is 5.52 Å². The first-order valence-corrected chi connectivity index (χ1v) is 13.2. The van der Waals surface area contributed by atoms with Gasteiger partial charge in [-0.1, -0.05) is 0 Å². The number of pyridine rings is 1. The molecule has 194 valence electrons. The SMILES string of the molecule is Cc1cc(N2CCCCC2)nc2ccc(NC(=O)CCC(=O)N3CCN(c4ccc(F)cc4)CC3)cc12. The Morgan fingerprint density at radius 3 is 2.32 bits per heavy atom. The van der Waals surface area contributed by atoms with Crippen LogP contribution in [0.15, 0.2) is 48.5 Å². The van der Waals surface area contributed by atoms with Crippen molar-refractivity contribution in [2.24, 2.45) is 0 Å². The normalized spacial score (nSPS) is 16.2. The molecule has 0 atom stereocenters. The van der Waals surface area contributed by atoms with Crippen molar-refractivity contribution in [3.8, 4) is 0 Å². The van der Waals surface area contributed by atoms with Crippen LogP contribution in [-0.4, -0.2) is 61.0 Å². The summed E-state index contributed by atoms with van der Waals surface area (Å²) in [5.41, 5.74) is 3.73. The van der Waals surface area contributed by atoms with Crippen molar-refractivity contribution in [3.05, 3.63) is 59.9 Å². The van der Waals surface area contributed by atoms with E-state index in [1.54, 1.807) is 17.0 Å². The average Bonchev–Trinajstić information content (AvgIpc) is 2.93. The van der Waals surface area contributed by atoms with Crippen molar-refractivity contribution < 1.29 is 14.0 Å². The van der Waals surface area contributed by atoms with Crippen molar-refractivity contribution in [1.82, 2.24) is 9.88 Å². The average molecular weight is 504 g/mol. The smallest absolute Gasteiger partial charge is 0.224 e. The van der Waals surface area contributed by atoms with Gasteiger partial charge >= 0.3 is 0 Å². The number of piperidine rings is 1. The predicted octanol–water partition coefficient (Wildman–Crippen LogP) is 4.74. The Morgan fingerprint density at radius 2 is 1.59 bits per heavy atom. The Morgan fingerprint density at radius 1 is 0.865 bits per heavy atom. The molecule has 37 heavy (non-hydrogen) atoms. The summed E-state index contributed by atoms with van der Waals surface area (Å²) in [7, 11) is 0. The number of piperazine rings is 1. The van der Waals surface area contributed by atoms with Crippen molar-refractivity contribution in [3.63, 3.8) is 0 Å². The van der Waals surface area contributed by atoms with Gasteiger partial charge < -0.3 is 20.0 Å². The zero-order valence-corrected chi connectivity index (χ0v) is 21.4. The van der Waals surface area contributed by atoms with Crippen LogP contribution in [0.3, 0.4) is 0 Å². The largest absolute Gasteiger partial charge is 0.368 e. The van der Waals surface area contributed by atoms with Gasteiger partial charge in [-0.3, -0.25) is 9.59 Å². The number of carbonyl (C=O) groups is 2. The Balaban J connectivity index is 1.12. The van der Waals surface area contributed by atoms with Crippen LogP contribution in [-0.2, 0) is 9.59 Å². The molecule has 5 rings (SSSR count). The standard InChI is InChI=1S/C29H34FN5O2/c1-21-19-27(34-13-3-2-4-14-34)32-26-10-7-23(20-25(21)26)31-28(36)11-12-29(37)35-17-15-33(16-18-35)24-8-5-22(30)6-9-24/h5-10,19-20H,2-4,11-18H2,1H3,(H,31,36). The Hall–Kier alpha value is -3.68. The van der Waals surface area contributed by atoms with Gasteiger partial charge in [0.25, 0.3) is 0 Å². The van der Waals surface area contributed by atoms with Crippen LogP contribution < -0.4 is 15.1 Å². The molecule has 0 bridgehead atoms. The first-order chi connectivity index (χ1) is 18.0. The van der Waals surface area contributed by atoms with Gasteiger partial charge in [0.2, 0.25) is 11.8 Å². The van der Waals surface area contributed by atoms with Crippen molar-refractivity contribution in [2.45, 2.75) is 39.0 Å². The summed E-state index contributed by atoms with van der Waals surface area (Å²) < 4.78 is 13.2. The highest BCUT2D eigenvalue weighted by Crippen LogP contribution is 2.27. The second-order valence-electron chi connectivity index (χ2n) is 9.97. The predicted molar refractivity (Wildman–Crippen MR) is 146 cm³/mol. The Labute approximate surface area is 217 Å². The number of benzene rings is 2. The number of aromatic nitrogens is 1. The molecule has 7 nitrogen and oxygen atoms in total. The van der Waals surface area contributed by atoms with Gasteiger partial charge in [0.15, 0.2) is 0 Å². The van der Waals surface area contributed by atoms with E-state index >= 15 is 0 Å². The molecular weight excluding hydrogens is 469 g/mol. The second kappa shape index (κ2) is 11.2. The molecule has 2 aromatic carbocycles. The number of hydrogen-bond donors (Lipinski definition) is 1. The first-order valence-electron chi connectivity index (χ1n) is 13.2. The number of anilines is 3. The number of rotatable bonds is 6. The third-order valence-electron chi connectivity index (χ3n) is 7.36. The number of nitrogens with zero attached hydrogens (tertiary/aromatic N) is 4. The highest BCUT2D eigenvalue weighted by Gasteiger charge is 2.22. The summed E-state index contributed by atoms with van der Waals surface area (Å²) in [6.07, 6.45) is 4.01. The lowest BCUT2D eigenvalue weighted by atomic mass is 10.1. The molecule has 8 heteroatoms. The molecule has 0 aliphatic carbocycles. The molecule has 0 saturated carbocycles. The van der Waals surface area contributed by atoms with Gasteiger partial charge in [-0.15, -0.1) is 0 Å².